The van der Waals surface area contributed by atoms with Crippen molar-refractivity contribution in [2.45, 2.75) is 25.9 Å². The minimum absolute atomic E-state index is 0.00527. The quantitative estimate of drug-likeness (QED) is 0.333. The summed E-state index contributed by atoms with van der Waals surface area (Å²) in [6.07, 6.45) is 0.0525. The predicted octanol–water partition coefficient (Wildman–Crippen LogP) is 3.40. The maximum Gasteiger partial charge on any atom is 0.315 e. The number of nitrogens with zero attached hydrogens (tertiary/aromatic N) is 2. The van der Waals surface area contributed by atoms with Gasteiger partial charge < -0.3 is 14.6 Å². The first kappa shape index (κ1) is 27.5. The fraction of sp³-hybridized carbons (Fsp3) is 0.370. The van der Waals surface area contributed by atoms with Crippen LogP contribution in [0.15, 0.2) is 40.5 Å². The summed E-state index contributed by atoms with van der Waals surface area (Å²) in [5.41, 5.74) is 0.707. The summed E-state index contributed by atoms with van der Waals surface area (Å²) in [6, 6.07) is 5.59. The van der Waals surface area contributed by atoms with Crippen molar-refractivity contribution in [1.29, 1.82) is 0 Å². The number of aliphatic hydroxyl groups is 1. The Balaban J connectivity index is 1.59. The van der Waals surface area contributed by atoms with Crippen molar-refractivity contribution in [1.82, 2.24) is 4.90 Å². The van der Waals surface area contributed by atoms with Crippen LogP contribution in [-0.4, -0.2) is 67.4 Å². The van der Waals surface area contributed by atoms with Crippen molar-refractivity contribution in [3.8, 4) is 5.75 Å². The molecule has 0 fully saturated rings. The lowest BCUT2D eigenvalue weighted by Gasteiger charge is -2.36. The number of carbonyl (C=O) groups excluding carboxylic acids is 2. The first-order chi connectivity index (χ1) is 18.0. The van der Waals surface area contributed by atoms with Gasteiger partial charge >= 0.3 is 5.97 Å². The second-order valence-corrected chi connectivity index (χ2v) is 9.30. The molecule has 0 saturated carbocycles. The Kier molecular flexibility index (Phi) is 7.98. The molecule has 1 N–H and O–H groups in total. The number of aliphatic imine (C=N–C) groups is 1. The SMILES string of the molecule is COC(=O)C1C=NC2=C(C(=O)CN(CC(O)COc3cccc(C)c3C)C2)C1c1c(F)c(F)cc(F)c1F. The van der Waals surface area contributed by atoms with Crippen LogP contribution >= 0.6 is 0 Å². The number of ketones is 1. The van der Waals surface area contributed by atoms with Gasteiger partial charge in [-0.2, -0.15) is 0 Å². The van der Waals surface area contributed by atoms with Crippen molar-refractivity contribution in [2.75, 3.05) is 33.4 Å². The highest BCUT2D eigenvalue weighted by atomic mass is 19.2. The minimum Gasteiger partial charge on any atom is -0.491 e. The summed E-state index contributed by atoms with van der Waals surface area (Å²) in [4.78, 5) is 31.4. The van der Waals surface area contributed by atoms with E-state index in [2.05, 4.69) is 4.99 Å². The summed E-state index contributed by atoms with van der Waals surface area (Å²) in [5, 5.41) is 10.5. The standard InChI is InChI=1S/C27H26F4N2O5/c1-13-5-4-6-21(14(13)2)38-12-15(34)9-33-10-19-23(20(35)11-33)22(16(8-32-19)27(36)37-3)24-25(30)17(28)7-18(29)26(24)31/h4-8,15-16,22,34H,9-12H2,1-3H3. The second kappa shape index (κ2) is 11.0. The van der Waals surface area contributed by atoms with E-state index in [1.54, 1.807) is 11.0 Å². The van der Waals surface area contributed by atoms with E-state index in [1.165, 1.54) is 0 Å². The number of β-amino-alcohol motifs (C(OH)–C–C–N with tert-alkyl or cyclic N) is 1. The number of benzene rings is 2. The third kappa shape index (κ3) is 5.21. The molecule has 0 spiro atoms. The molecule has 2 aliphatic heterocycles. The molecular formula is C27H26F4N2O5. The summed E-state index contributed by atoms with van der Waals surface area (Å²) in [7, 11) is 1.03. The Bertz CT molecular complexity index is 1320. The van der Waals surface area contributed by atoms with E-state index in [-0.39, 0.29) is 43.6 Å². The lowest BCUT2D eigenvalue weighted by Crippen LogP contribution is -2.46. The average molecular weight is 535 g/mol. The molecule has 0 aromatic heterocycles. The van der Waals surface area contributed by atoms with Crippen molar-refractivity contribution >= 4 is 18.0 Å². The van der Waals surface area contributed by atoms with Crippen molar-refractivity contribution in [3.63, 3.8) is 0 Å². The van der Waals surface area contributed by atoms with Gasteiger partial charge in [0.1, 0.15) is 24.4 Å². The van der Waals surface area contributed by atoms with E-state index in [0.717, 1.165) is 24.5 Å². The van der Waals surface area contributed by atoms with Gasteiger partial charge in [0.05, 0.1) is 19.4 Å². The lowest BCUT2D eigenvalue weighted by molar-refractivity contribution is -0.143. The lowest BCUT2D eigenvalue weighted by atomic mass is 9.75. The summed E-state index contributed by atoms with van der Waals surface area (Å²) < 4.78 is 68.2. The maximum atomic E-state index is 14.8. The molecule has 0 bridgehead atoms. The van der Waals surface area contributed by atoms with Crippen LogP contribution < -0.4 is 4.74 Å². The Morgan fingerprint density at radius 3 is 2.50 bits per heavy atom. The van der Waals surface area contributed by atoms with E-state index in [1.807, 2.05) is 26.0 Å². The van der Waals surface area contributed by atoms with Gasteiger partial charge in [-0.15, -0.1) is 0 Å². The highest BCUT2D eigenvalue weighted by Crippen LogP contribution is 2.42. The van der Waals surface area contributed by atoms with E-state index >= 15 is 0 Å². The van der Waals surface area contributed by atoms with Gasteiger partial charge in [-0.25, -0.2) is 17.6 Å². The van der Waals surface area contributed by atoms with Crippen LogP contribution in [0.5, 0.6) is 5.75 Å². The zero-order valence-electron chi connectivity index (χ0n) is 20.9. The average Bonchev–Trinajstić information content (AvgIpc) is 2.88. The zero-order valence-corrected chi connectivity index (χ0v) is 20.9. The topological polar surface area (TPSA) is 88.4 Å². The van der Waals surface area contributed by atoms with E-state index in [4.69, 9.17) is 9.47 Å². The molecule has 11 heteroatoms. The molecule has 3 unspecified atom stereocenters. The maximum absolute atomic E-state index is 14.8. The minimum atomic E-state index is -1.71. The van der Waals surface area contributed by atoms with Gasteiger partial charge in [0.15, 0.2) is 29.1 Å². The van der Waals surface area contributed by atoms with E-state index < -0.39 is 58.5 Å². The van der Waals surface area contributed by atoms with Gasteiger partial charge in [0.25, 0.3) is 0 Å². The normalized spacial score (nSPS) is 20.4. The molecule has 3 atom stereocenters. The number of Topliss-reactive ketones (excluding diaryl/α,β-unsaturated/α-hetero) is 1. The largest absolute Gasteiger partial charge is 0.491 e. The molecular weight excluding hydrogens is 508 g/mol. The van der Waals surface area contributed by atoms with Crippen LogP contribution in [0.3, 0.4) is 0 Å². The highest BCUT2D eigenvalue weighted by molar-refractivity contribution is 6.04. The number of hydrogen-bond donors (Lipinski definition) is 1. The molecule has 0 radical (unpaired) electrons. The molecule has 2 aromatic carbocycles. The Hall–Kier alpha value is -3.57. The number of ether oxygens (including phenoxy) is 2. The van der Waals surface area contributed by atoms with Crippen molar-refractivity contribution in [2.24, 2.45) is 10.9 Å². The first-order valence-corrected chi connectivity index (χ1v) is 11.8. The van der Waals surface area contributed by atoms with Crippen molar-refractivity contribution < 1.29 is 41.7 Å². The van der Waals surface area contributed by atoms with Gasteiger partial charge in [-0.1, -0.05) is 12.1 Å². The van der Waals surface area contributed by atoms with Gasteiger partial charge in [-0.05, 0) is 31.0 Å². The highest BCUT2D eigenvalue weighted by Gasteiger charge is 2.45. The number of aliphatic hydroxyl groups excluding tert-OH is 1. The predicted molar refractivity (Wildman–Crippen MR) is 129 cm³/mol. The fourth-order valence-corrected chi connectivity index (χ4v) is 4.77. The molecule has 0 aliphatic carbocycles. The van der Waals surface area contributed by atoms with Crippen LogP contribution in [0.1, 0.15) is 22.6 Å². The summed E-state index contributed by atoms with van der Waals surface area (Å²) >= 11 is 0. The van der Waals surface area contributed by atoms with Gasteiger partial charge in [0, 0.05) is 42.4 Å². The smallest absolute Gasteiger partial charge is 0.315 e. The third-order valence-corrected chi connectivity index (χ3v) is 6.80. The Morgan fingerprint density at radius 1 is 1.16 bits per heavy atom. The number of halogens is 4. The third-order valence-electron chi connectivity index (χ3n) is 6.80. The number of rotatable bonds is 7. The monoisotopic (exact) mass is 534 g/mol. The molecule has 2 aliphatic rings. The number of hydrogen-bond acceptors (Lipinski definition) is 7. The second-order valence-electron chi connectivity index (χ2n) is 9.30. The van der Waals surface area contributed by atoms with Crippen molar-refractivity contribution in [3.05, 3.63) is 75.5 Å². The van der Waals surface area contributed by atoms with Crippen LogP contribution in [-0.2, 0) is 14.3 Å². The fourth-order valence-electron chi connectivity index (χ4n) is 4.77. The van der Waals surface area contributed by atoms with Gasteiger partial charge in [-0.3, -0.25) is 19.5 Å². The summed E-state index contributed by atoms with van der Waals surface area (Å²) in [6.45, 7) is 3.46. The molecule has 38 heavy (non-hydrogen) atoms. The molecule has 0 saturated heterocycles. The molecule has 2 heterocycles. The molecule has 7 nitrogen and oxygen atoms in total. The zero-order chi connectivity index (χ0) is 27.7. The number of carbonyl (C=O) groups is 2. The Morgan fingerprint density at radius 2 is 1.84 bits per heavy atom. The number of methoxy groups -OCH3 is 1. The molecule has 2 aromatic rings. The molecule has 4 rings (SSSR count). The van der Waals surface area contributed by atoms with Crippen LogP contribution in [0.25, 0.3) is 0 Å². The molecule has 202 valence electrons. The first-order valence-electron chi connectivity index (χ1n) is 11.8. The number of esters is 1. The number of aryl methyl sites for hydroxylation is 1. The van der Waals surface area contributed by atoms with Crippen LogP contribution in [0, 0.1) is 43.0 Å². The Labute approximate surface area is 216 Å². The van der Waals surface area contributed by atoms with Gasteiger partial charge in [0.2, 0.25) is 0 Å². The van der Waals surface area contributed by atoms with E-state index in [9.17, 15) is 32.3 Å². The van der Waals surface area contributed by atoms with E-state index in [0.29, 0.717) is 5.75 Å². The van der Waals surface area contributed by atoms with Crippen LogP contribution in [0.4, 0.5) is 17.6 Å². The molecule has 0 amide bonds. The van der Waals surface area contributed by atoms with Crippen LogP contribution in [0.2, 0.25) is 0 Å². The summed E-state index contributed by atoms with van der Waals surface area (Å²) in [5.74, 6) is -10.9.